The molecule has 0 spiro atoms. The van der Waals surface area contributed by atoms with Gasteiger partial charge in [0.25, 0.3) is 0 Å². The zero-order valence-corrected chi connectivity index (χ0v) is 11.4. The number of rotatable bonds is 2. The standard InChI is InChI=1S/C14H11BrN2O/c1-9-6-14(11(15)7-12(9)17)18-13-5-3-2-4-10(13)8-16/h2-7H,17H2,1H3. The van der Waals surface area contributed by atoms with Crippen molar-refractivity contribution in [3.05, 3.63) is 52.0 Å². The smallest absolute Gasteiger partial charge is 0.145 e. The Bertz CT molecular complexity index is 632. The number of nitrogens with two attached hydrogens (primary N) is 1. The van der Waals surface area contributed by atoms with Crippen LogP contribution in [0.3, 0.4) is 0 Å². The summed E-state index contributed by atoms with van der Waals surface area (Å²) in [6.45, 7) is 1.91. The highest BCUT2D eigenvalue weighted by molar-refractivity contribution is 9.10. The van der Waals surface area contributed by atoms with Gasteiger partial charge in [0.1, 0.15) is 17.6 Å². The Morgan fingerprint density at radius 3 is 2.67 bits per heavy atom. The number of aryl methyl sites for hydroxylation is 1. The molecule has 0 unspecified atom stereocenters. The van der Waals surface area contributed by atoms with E-state index in [0.29, 0.717) is 22.7 Å². The normalized spacial score (nSPS) is 9.83. The third-order valence-electron chi connectivity index (χ3n) is 2.55. The van der Waals surface area contributed by atoms with Gasteiger partial charge in [0, 0.05) is 5.69 Å². The summed E-state index contributed by atoms with van der Waals surface area (Å²) in [5.41, 5.74) is 7.93. The molecule has 0 amide bonds. The minimum atomic E-state index is 0.499. The maximum atomic E-state index is 9.00. The van der Waals surface area contributed by atoms with Crippen molar-refractivity contribution in [2.45, 2.75) is 6.92 Å². The Kier molecular flexibility index (Phi) is 3.54. The van der Waals surface area contributed by atoms with Crippen molar-refractivity contribution in [1.29, 1.82) is 5.26 Å². The summed E-state index contributed by atoms with van der Waals surface area (Å²) < 4.78 is 6.50. The summed E-state index contributed by atoms with van der Waals surface area (Å²) in [6.07, 6.45) is 0. The number of halogens is 1. The van der Waals surface area contributed by atoms with E-state index in [4.69, 9.17) is 15.7 Å². The fourth-order valence-electron chi connectivity index (χ4n) is 1.52. The molecular weight excluding hydrogens is 292 g/mol. The van der Waals surface area contributed by atoms with Crippen LogP contribution in [-0.2, 0) is 0 Å². The van der Waals surface area contributed by atoms with Gasteiger partial charge in [-0.1, -0.05) is 12.1 Å². The minimum Gasteiger partial charge on any atom is -0.455 e. The van der Waals surface area contributed by atoms with Gasteiger partial charge in [-0.3, -0.25) is 0 Å². The lowest BCUT2D eigenvalue weighted by Crippen LogP contribution is -1.93. The van der Waals surface area contributed by atoms with Crippen LogP contribution in [0.5, 0.6) is 11.5 Å². The third kappa shape index (κ3) is 2.47. The molecule has 0 heterocycles. The summed E-state index contributed by atoms with van der Waals surface area (Å²) in [6, 6.07) is 12.8. The Labute approximate surface area is 114 Å². The minimum absolute atomic E-state index is 0.499. The second-order valence-electron chi connectivity index (χ2n) is 3.85. The van der Waals surface area contributed by atoms with Gasteiger partial charge < -0.3 is 10.5 Å². The van der Waals surface area contributed by atoms with E-state index in [1.807, 2.05) is 19.1 Å². The van der Waals surface area contributed by atoms with Crippen molar-refractivity contribution in [2.24, 2.45) is 0 Å². The first-order chi connectivity index (χ1) is 8.61. The van der Waals surface area contributed by atoms with E-state index < -0.39 is 0 Å². The number of para-hydroxylation sites is 1. The number of anilines is 1. The Morgan fingerprint density at radius 1 is 1.22 bits per heavy atom. The van der Waals surface area contributed by atoms with Gasteiger partial charge >= 0.3 is 0 Å². The molecular formula is C14H11BrN2O. The predicted molar refractivity (Wildman–Crippen MR) is 74.5 cm³/mol. The van der Waals surface area contributed by atoms with Crippen molar-refractivity contribution in [2.75, 3.05) is 5.73 Å². The topological polar surface area (TPSA) is 59.0 Å². The third-order valence-corrected chi connectivity index (χ3v) is 3.17. The highest BCUT2D eigenvalue weighted by Gasteiger charge is 2.08. The molecule has 2 aromatic carbocycles. The Hall–Kier alpha value is -1.99. The average Bonchev–Trinajstić information content (AvgIpc) is 2.36. The van der Waals surface area contributed by atoms with Crippen LogP contribution in [-0.4, -0.2) is 0 Å². The van der Waals surface area contributed by atoms with Crippen LogP contribution in [0.25, 0.3) is 0 Å². The van der Waals surface area contributed by atoms with Crippen LogP contribution in [0.1, 0.15) is 11.1 Å². The molecule has 0 radical (unpaired) electrons. The number of nitrogens with zero attached hydrogens (tertiary/aromatic N) is 1. The molecule has 18 heavy (non-hydrogen) atoms. The molecule has 0 saturated heterocycles. The molecule has 0 aliphatic heterocycles. The fourth-order valence-corrected chi connectivity index (χ4v) is 1.96. The van der Waals surface area contributed by atoms with Crippen LogP contribution in [0.4, 0.5) is 5.69 Å². The SMILES string of the molecule is Cc1cc(Oc2ccccc2C#N)c(Br)cc1N. The molecule has 4 heteroatoms. The molecule has 2 aromatic rings. The molecule has 0 bridgehead atoms. The number of hydrogen-bond acceptors (Lipinski definition) is 3. The van der Waals surface area contributed by atoms with Crippen molar-refractivity contribution in [1.82, 2.24) is 0 Å². The summed E-state index contributed by atoms with van der Waals surface area (Å²) in [7, 11) is 0. The zero-order chi connectivity index (χ0) is 13.1. The largest absolute Gasteiger partial charge is 0.455 e. The lowest BCUT2D eigenvalue weighted by molar-refractivity contribution is 0.478. The van der Waals surface area contributed by atoms with Gasteiger partial charge in [-0.05, 0) is 52.7 Å². The van der Waals surface area contributed by atoms with E-state index in [0.717, 1.165) is 10.0 Å². The molecule has 0 fully saturated rings. The first-order valence-electron chi connectivity index (χ1n) is 5.34. The van der Waals surface area contributed by atoms with E-state index in [-0.39, 0.29) is 0 Å². The summed E-state index contributed by atoms with van der Waals surface area (Å²) in [5.74, 6) is 1.18. The molecule has 90 valence electrons. The van der Waals surface area contributed by atoms with E-state index in [9.17, 15) is 0 Å². The van der Waals surface area contributed by atoms with Gasteiger partial charge in [-0.2, -0.15) is 5.26 Å². The monoisotopic (exact) mass is 302 g/mol. The average molecular weight is 303 g/mol. The fraction of sp³-hybridized carbons (Fsp3) is 0.0714. The quantitative estimate of drug-likeness (QED) is 0.853. The second kappa shape index (κ2) is 5.11. The first kappa shape index (κ1) is 12.5. The zero-order valence-electron chi connectivity index (χ0n) is 9.77. The Balaban J connectivity index is 2.41. The summed E-state index contributed by atoms with van der Waals surface area (Å²) in [5, 5.41) is 9.00. The van der Waals surface area contributed by atoms with E-state index in [2.05, 4.69) is 22.0 Å². The molecule has 2 rings (SSSR count). The second-order valence-corrected chi connectivity index (χ2v) is 4.70. The van der Waals surface area contributed by atoms with Crippen LogP contribution < -0.4 is 10.5 Å². The van der Waals surface area contributed by atoms with Gasteiger partial charge in [-0.25, -0.2) is 0 Å². The maximum Gasteiger partial charge on any atom is 0.145 e. The lowest BCUT2D eigenvalue weighted by atomic mass is 10.2. The molecule has 0 aliphatic rings. The van der Waals surface area contributed by atoms with Crippen LogP contribution in [0, 0.1) is 18.3 Å². The van der Waals surface area contributed by atoms with Crippen LogP contribution in [0.2, 0.25) is 0 Å². The van der Waals surface area contributed by atoms with E-state index in [1.165, 1.54) is 0 Å². The van der Waals surface area contributed by atoms with Gasteiger partial charge in [0.2, 0.25) is 0 Å². The van der Waals surface area contributed by atoms with Crippen molar-refractivity contribution in [3.63, 3.8) is 0 Å². The molecule has 3 nitrogen and oxygen atoms in total. The Morgan fingerprint density at radius 2 is 1.94 bits per heavy atom. The van der Waals surface area contributed by atoms with Crippen LogP contribution >= 0.6 is 15.9 Å². The highest BCUT2D eigenvalue weighted by atomic mass is 79.9. The number of hydrogen-bond donors (Lipinski definition) is 1. The van der Waals surface area contributed by atoms with Gasteiger partial charge in [-0.15, -0.1) is 0 Å². The number of benzene rings is 2. The van der Waals surface area contributed by atoms with Crippen molar-refractivity contribution < 1.29 is 4.74 Å². The van der Waals surface area contributed by atoms with E-state index >= 15 is 0 Å². The summed E-state index contributed by atoms with van der Waals surface area (Å²) >= 11 is 3.40. The van der Waals surface area contributed by atoms with Gasteiger partial charge in [0.15, 0.2) is 0 Å². The molecule has 0 atom stereocenters. The molecule has 0 aliphatic carbocycles. The van der Waals surface area contributed by atoms with Crippen LogP contribution in [0.15, 0.2) is 40.9 Å². The number of nitriles is 1. The molecule has 0 saturated carbocycles. The van der Waals surface area contributed by atoms with E-state index in [1.54, 1.807) is 24.3 Å². The molecule has 2 N–H and O–H groups in total. The predicted octanol–water partition coefficient (Wildman–Crippen LogP) is 4.00. The summed E-state index contributed by atoms with van der Waals surface area (Å²) in [4.78, 5) is 0. The number of ether oxygens (including phenoxy) is 1. The maximum absolute atomic E-state index is 9.00. The lowest BCUT2D eigenvalue weighted by Gasteiger charge is -2.11. The molecule has 0 aromatic heterocycles. The van der Waals surface area contributed by atoms with Gasteiger partial charge in [0.05, 0.1) is 10.0 Å². The van der Waals surface area contributed by atoms with Crippen molar-refractivity contribution >= 4 is 21.6 Å². The van der Waals surface area contributed by atoms with Crippen molar-refractivity contribution in [3.8, 4) is 17.6 Å². The highest BCUT2D eigenvalue weighted by Crippen LogP contribution is 2.34. The first-order valence-corrected chi connectivity index (χ1v) is 6.13. The number of nitrogen functional groups attached to an aromatic ring is 1.